The van der Waals surface area contributed by atoms with Crippen molar-refractivity contribution in [1.82, 2.24) is 25.7 Å². The lowest BCUT2D eigenvalue weighted by Gasteiger charge is -2.19. The van der Waals surface area contributed by atoms with E-state index < -0.39 is 11.7 Å². The molecular weight excluding hydrogens is 507 g/mol. The van der Waals surface area contributed by atoms with Gasteiger partial charge in [0.2, 0.25) is 0 Å². The van der Waals surface area contributed by atoms with E-state index in [0.29, 0.717) is 19.6 Å². The largest absolute Gasteiger partial charge is 0.444 e. The van der Waals surface area contributed by atoms with Gasteiger partial charge in [0, 0.05) is 31.4 Å². The number of carbonyl (C=O) groups is 1. The molecule has 172 valence electrons. The summed E-state index contributed by atoms with van der Waals surface area (Å²) in [6.07, 6.45) is 4.24. The van der Waals surface area contributed by atoms with Gasteiger partial charge in [-0.25, -0.2) is 9.79 Å². The lowest BCUT2D eigenvalue weighted by atomic mass is 10.2. The number of ether oxygens (including phenoxy) is 1. The van der Waals surface area contributed by atoms with Crippen molar-refractivity contribution in [2.75, 3.05) is 19.6 Å². The fourth-order valence-corrected chi connectivity index (χ4v) is 2.66. The zero-order chi connectivity index (χ0) is 21.8. The Morgan fingerprint density at radius 2 is 1.81 bits per heavy atom. The first kappa shape index (κ1) is 26.7. The summed E-state index contributed by atoms with van der Waals surface area (Å²) >= 11 is 0. The van der Waals surface area contributed by atoms with Gasteiger partial charge in [-0.1, -0.05) is 30.3 Å². The van der Waals surface area contributed by atoms with Crippen molar-refractivity contribution in [3.63, 3.8) is 0 Å². The van der Waals surface area contributed by atoms with Crippen LogP contribution in [0, 0.1) is 0 Å². The second kappa shape index (κ2) is 13.9. The third-order valence-corrected chi connectivity index (χ3v) is 3.95. The molecule has 0 aliphatic rings. The Bertz CT molecular complexity index is 802. The molecule has 0 fully saturated rings. The van der Waals surface area contributed by atoms with Crippen molar-refractivity contribution in [2.45, 2.75) is 52.8 Å². The number of carbonyl (C=O) groups excluding carboxylic acids is 1. The van der Waals surface area contributed by atoms with Crippen molar-refractivity contribution in [1.29, 1.82) is 0 Å². The Morgan fingerprint density at radius 3 is 2.48 bits per heavy atom. The minimum absolute atomic E-state index is 0. The van der Waals surface area contributed by atoms with Crippen molar-refractivity contribution in [2.24, 2.45) is 4.99 Å². The van der Waals surface area contributed by atoms with Crippen LogP contribution in [0.1, 0.15) is 45.2 Å². The Morgan fingerprint density at radius 1 is 1.10 bits per heavy atom. The van der Waals surface area contributed by atoms with E-state index in [9.17, 15) is 4.79 Å². The molecule has 2 aromatic rings. The molecule has 0 unspecified atom stereocenters. The number of hydrogen-bond acceptors (Lipinski definition) is 4. The maximum Gasteiger partial charge on any atom is 0.407 e. The summed E-state index contributed by atoms with van der Waals surface area (Å²) in [5.74, 6) is 0.741. The molecular formula is C22H35IN6O2. The lowest BCUT2D eigenvalue weighted by molar-refractivity contribution is 0.0527. The Hall–Kier alpha value is -2.30. The summed E-state index contributed by atoms with van der Waals surface area (Å²) < 4.78 is 7.14. The number of aliphatic imine (C=N–C) groups is 1. The average Bonchev–Trinajstić information content (AvgIpc) is 3.12. The van der Waals surface area contributed by atoms with E-state index in [1.54, 1.807) is 0 Å². The second-order valence-corrected chi connectivity index (χ2v) is 7.94. The molecule has 3 N–H and O–H groups in total. The van der Waals surface area contributed by atoms with Crippen LogP contribution in [-0.4, -0.2) is 47.1 Å². The third-order valence-electron chi connectivity index (χ3n) is 3.95. The molecule has 0 radical (unpaired) electrons. The molecule has 9 heteroatoms. The fraction of sp³-hybridized carbons (Fsp3) is 0.500. The summed E-state index contributed by atoms with van der Waals surface area (Å²) in [5, 5.41) is 13.7. The van der Waals surface area contributed by atoms with Gasteiger partial charge in [-0.2, -0.15) is 5.10 Å². The standard InChI is InChI=1S/C22H34N6O2.HI/c1-5-23-20(24-12-9-13-25-21(29)30-22(2,3)4)26-14-19-15-27-28(17-19)16-18-10-7-6-8-11-18;/h6-8,10-11,15,17H,5,9,12-14,16H2,1-4H3,(H,25,29)(H2,23,24,26);1H. The first-order chi connectivity index (χ1) is 14.4. The minimum Gasteiger partial charge on any atom is -0.444 e. The molecule has 0 spiro atoms. The van der Waals surface area contributed by atoms with E-state index in [-0.39, 0.29) is 24.0 Å². The van der Waals surface area contributed by atoms with Gasteiger partial charge in [0.15, 0.2) is 5.96 Å². The van der Waals surface area contributed by atoms with Gasteiger partial charge in [-0.15, -0.1) is 24.0 Å². The molecule has 0 saturated carbocycles. The van der Waals surface area contributed by atoms with Crippen LogP contribution in [0.15, 0.2) is 47.7 Å². The minimum atomic E-state index is -0.484. The van der Waals surface area contributed by atoms with E-state index in [4.69, 9.17) is 4.74 Å². The van der Waals surface area contributed by atoms with Crippen LogP contribution in [0.2, 0.25) is 0 Å². The SMILES string of the molecule is CCNC(=NCc1cnn(Cc2ccccc2)c1)NCCCNC(=O)OC(C)(C)C.I. The van der Waals surface area contributed by atoms with E-state index in [1.807, 2.05) is 63.0 Å². The van der Waals surface area contributed by atoms with E-state index in [1.165, 1.54) is 5.56 Å². The Balaban J connectivity index is 0.00000480. The highest BCUT2D eigenvalue weighted by Crippen LogP contribution is 2.06. The molecule has 8 nitrogen and oxygen atoms in total. The predicted molar refractivity (Wildman–Crippen MR) is 135 cm³/mol. The molecule has 1 amide bonds. The second-order valence-electron chi connectivity index (χ2n) is 7.94. The van der Waals surface area contributed by atoms with E-state index in [2.05, 4.69) is 38.2 Å². The Kier molecular flexibility index (Phi) is 12.0. The van der Waals surface area contributed by atoms with Crippen LogP contribution >= 0.6 is 24.0 Å². The average molecular weight is 542 g/mol. The first-order valence-corrected chi connectivity index (χ1v) is 10.4. The number of alkyl carbamates (subject to hydrolysis) is 1. The number of guanidine groups is 1. The highest BCUT2D eigenvalue weighted by atomic mass is 127. The monoisotopic (exact) mass is 542 g/mol. The summed E-state index contributed by atoms with van der Waals surface area (Å²) in [6, 6.07) is 10.2. The van der Waals surface area contributed by atoms with Gasteiger partial charge < -0.3 is 20.7 Å². The number of nitrogens with zero attached hydrogens (tertiary/aromatic N) is 3. The molecule has 0 aliphatic heterocycles. The summed E-state index contributed by atoms with van der Waals surface area (Å²) in [4.78, 5) is 16.3. The summed E-state index contributed by atoms with van der Waals surface area (Å²) in [6.45, 7) is 10.8. The maximum atomic E-state index is 11.6. The van der Waals surface area contributed by atoms with Gasteiger partial charge in [0.25, 0.3) is 0 Å². The van der Waals surface area contributed by atoms with Crippen molar-refractivity contribution >= 4 is 36.0 Å². The van der Waals surface area contributed by atoms with Gasteiger partial charge in [0.05, 0.1) is 19.3 Å². The topological polar surface area (TPSA) is 92.6 Å². The van der Waals surface area contributed by atoms with Gasteiger partial charge in [-0.05, 0) is 39.7 Å². The molecule has 0 bridgehead atoms. The summed E-state index contributed by atoms with van der Waals surface area (Å²) in [5.41, 5.74) is 1.78. The van der Waals surface area contributed by atoms with Crippen LogP contribution < -0.4 is 16.0 Å². The van der Waals surface area contributed by atoms with Crippen molar-refractivity contribution in [3.8, 4) is 0 Å². The van der Waals surface area contributed by atoms with E-state index >= 15 is 0 Å². The highest BCUT2D eigenvalue weighted by Gasteiger charge is 2.15. The number of halogens is 1. The van der Waals surface area contributed by atoms with Crippen LogP contribution in [0.4, 0.5) is 4.79 Å². The van der Waals surface area contributed by atoms with Gasteiger partial charge in [0.1, 0.15) is 5.60 Å². The quantitative estimate of drug-likeness (QED) is 0.195. The molecule has 1 aromatic carbocycles. The number of rotatable bonds is 9. The molecule has 31 heavy (non-hydrogen) atoms. The molecule has 1 aromatic heterocycles. The summed E-state index contributed by atoms with van der Waals surface area (Å²) in [7, 11) is 0. The van der Waals surface area contributed by atoms with Crippen LogP contribution in [0.5, 0.6) is 0 Å². The fourth-order valence-electron chi connectivity index (χ4n) is 2.66. The number of benzene rings is 1. The molecule has 1 heterocycles. The number of hydrogen-bond donors (Lipinski definition) is 3. The normalized spacial score (nSPS) is 11.4. The molecule has 2 rings (SSSR count). The number of amides is 1. The number of aromatic nitrogens is 2. The predicted octanol–water partition coefficient (Wildman–Crippen LogP) is 3.52. The smallest absolute Gasteiger partial charge is 0.407 e. The lowest BCUT2D eigenvalue weighted by Crippen LogP contribution is -2.39. The van der Waals surface area contributed by atoms with Gasteiger partial charge >= 0.3 is 6.09 Å². The zero-order valence-electron chi connectivity index (χ0n) is 18.9. The third kappa shape index (κ3) is 11.6. The Labute approximate surface area is 202 Å². The number of nitrogens with one attached hydrogen (secondary N) is 3. The van der Waals surface area contributed by atoms with Crippen LogP contribution in [0.3, 0.4) is 0 Å². The maximum absolute atomic E-state index is 11.6. The van der Waals surface area contributed by atoms with Gasteiger partial charge in [-0.3, -0.25) is 4.68 Å². The van der Waals surface area contributed by atoms with Crippen LogP contribution in [-0.2, 0) is 17.8 Å². The molecule has 0 aliphatic carbocycles. The van der Waals surface area contributed by atoms with Crippen molar-refractivity contribution in [3.05, 3.63) is 53.9 Å². The van der Waals surface area contributed by atoms with Crippen molar-refractivity contribution < 1.29 is 9.53 Å². The molecule has 0 saturated heterocycles. The highest BCUT2D eigenvalue weighted by molar-refractivity contribution is 14.0. The zero-order valence-corrected chi connectivity index (χ0v) is 21.2. The van der Waals surface area contributed by atoms with E-state index in [0.717, 1.165) is 31.0 Å². The molecule has 0 atom stereocenters. The van der Waals surface area contributed by atoms with Crippen LogP contribution in [0.25, 0.3) is 0 Å². The first-order valence-electron chi connectivity index (χ1n) is 10.4.